The van der Waals surface area contributed by atoms with Gasteiger partial charge in [-0.1, -0.05) is 37.3 Å². The summed E-state index contributed by atoms with van der Waals surface area (Å²) in [6, 6.07) is 14.4. The predicted molar refractivity (Wildman–Crippen MR) is 163 cm³/mol. The first-order chi connectivity index (χ1) is 19.9. The van der Waals surface area contributed by atoms with E-state index in [1.165, 1.54) is 0 Å². The van der Waals surface area contributed by atoms with Crippen LogP contribution in [0.1, 0.15) is 42.9 Å². The number of hydrogen-bond acceptors (Lipinski definition) is 5. The Balaban J connectivity index is 1.26. The van der Waals surface area contributed by atoms with Crippen molar-refractivity contribution in [3.63, 3.8) is 0 Å². The quantitative estimate of drug-likeness (QED) is 0.312. The minimum atomic E-state index is -0.802. The van der Waals surface area contributed by atoms with E-state index in [0.717, 1.165) is 58.4 Å². The second kappa shape index (κ2) is 11.5. The Labute approximate surface area is 243 Å². The summed E-state index contributed by atoms with van der Waals surface area (Å²) in [6.45, 7) is 4.03. The van der Waals surface area contributed by atoms with Gasteiger partial charge in [0.25, 0.3) is 0 Å². The minimum Gasteiger partial charge on any atom is -0.347 e. The zero-order valence-electron chi connectivity index (χ0n) is 23.2. The van der Waals surface area contributed by atoms with Crippen molar-refractivity contribution in [2.45, 2.75) is 64.2 Å². The van der Waals surface area contributed by atoms with Gasteiger partial charge in [-0.05, 0) is 64.9 Å². The molecule has 4 heterocycles. The Morgan fingerprint density at radius 1 is 1.15 bits per heavy atom. The first-order valence-electron chi connectivity index (χ1n) is 14.3. The normalized spacial score (nSPS) is 17.8. The maximum Gasteiger partial charge on any atom is 0.250 e. The van der Waals surface area contributed by atoms with Crippen LogP contribution in [0.5, 0.6) is 0 Å². The van der Waals surface area contributed by atoms with Crippen LogP contribution in [0, 0.1) is 0 Å². The highest BCUT2D eigenvalue weighted by Gasteiger charge is 2.38. The Hall–Kier alpha value is -3.95. The van der Waals surface area contributed by atoms with E-state index in [1.807, 2.05) is 47.2 Å². The Morgan fingerprint density at radius 3 is 2.76 bits per heavy atom. The van der Waals surface area contributed by atoms with Crippen molar-refractivity contribution in [2.24, 2.45) is 5.73 Å². The maximum absolute atomic E-state index is 14.0. The summed E-state index contributed by atoms with van der Waals surface area (Å²) in [4.78, 5) is 43.6. The lowest BCUT2D eigenvalue weighted by Crippen LogP contribution is -2.56. The van der Waals surface area contributed by atoms with Gasteiger partial charge in [-0.15, -0.1) is 0 Å². The molecule has 0 spiro atoms. The fraction of sp³-hybridized carbons (Fsp3) is 0.344. The zero-order valence-corrected chi connectivity index (χ0v) is 24.0. The van der Waals surface area contributed by atoms with E-state index in [4.69, 9.17) is 5.73 Å². The zero-order chi connectivity index (χ0) is 28.5. The first kappa shape index (κ1) is 27.2. The van der Waals surface area contributed by atoms with Gasteiger partial charge < -0.3 is 25.4 Å². The molecule has 9 heteroatoms. The number of rotatable bonds is 9. The van der Waals surface area contributed by atoms with Crippen molar-refractivity contribution in [1.29, 1.82) is 0 Å². The van der Waals surface area contributed by atoms with Gasteiger partial charge in [0.2, 0.25) is 17.7 Å². The summed E-state index contributed by atoms with van der Waals surface area (Å²) >= 11 is 1.57. The SMILES string of the molecule is CCCn1cc(C[C@@H](N)C(=O)NC2Cc3cccc(N4CCCC4=O)c3N(Cc3ccsc3)C2=O)c2ccccc21. The number of aryl methyl sites for hydroxylation is 1. The Morgan fingerprint density at radius 2 is 2.00 bits per heavy atom. The molecule has 6 rings (SSSR count). The molecule has 2 aliphatic rings. The Bertz CT molecular complexity index is 1590. The lowest BCUT2D eigenvalue weighted by atomic mass is 9.94. The van der Waals surface area contributed by atoms with Gasteiger partial charge in [0, 0.05) is 43.0 Å². The molecule has 3 N–H and O–H groups in total. The minimum absolute atomic E-state index is 0.0722. The number of para-hydroxylation sites is 2. The molecule has 212 valence electrons. The number of nitrogens with two attached hydrogens (primary N) is 1. The summed E-state index contributed by atoms with van der Waals surface area (Å²) in [5.41, 5.74) is 12.1. The second-order valence-corrected chi connectivity index (χ2v) is 11.7. The number of benzene rings is 2. The van der Waals surface area contributed by atoms with E-state index in [9.17, 15) is 14.4 Å². The topological polar surface area (TPSA) is 101 Å². The van der Waals surface area contributed by atoms with E-state index >= 15 is 0 Å². The van der Waals surface area contributed by atoms with Gasteiger partial charge in [-0.3, -0.25) is 14.4 Å². The van der Waals surface area contributed by atoms with Crippen LogP contribution in [0.2, 0.25) is 0 Å². The van der Waals surface area contributed by atoms with Crippen molar-refractivity contribution in [1.82, 2.24) is 9.88 Å². The third-order valence-corrected chi connectivity index (χ3v) is 8.80. The fourth-order valence-electron chi connectivity index (χ4n) is 6.14. The molecule has 1 saturated heterocycles. The van der Waals surface area contributed by atoms with Gasteiger partial charge in [0.05, 0.1) is 24.0 Å². The van der Waals surface area contributed by atoms with Crippen LogP contribution in [0.4, 0.5) is 11.4 Å². The molecule has 0 aliphatic carbocycles. The van der Waals surface area contributed by atoms with Gasteiger partial charge in [0.1, 0.15) is 6.04 Å². The number of thiophene rings is 1. The fourth-order valence-corrected chi connectivity index (χ4v) is 6.79. The van der Waals surface area contributed by atoms with Crippen LogP contribution in [0.15, 0.2) is 65.5 Å². The maximum atomic E-state index is 14.0. The number of hydrogen-bond donors (Lipinski definition) is 2. The van der Waals surface area contributed by atoms with Crippen LogP contribution in [0.25, 0.3) is 10.9 Å². The van der Waals surface area contributed by atoms with Crippen LogP contribution >= 0.6 is 11.3 Å². The monoisotopic (exact) mass is 569 g/mol. The van der Waals surface area contributed by atoms with Crippen molar-refractivity contribution in [3.05, 3.63) is 82.2 Å². The number of carbonyl (C=O) groups excluding carboxylic acids is 3. The number of carbonyl (C=O) groups is 3. The molecule has 2 aromatic carbocycles. The van der Waals surface area contributed by atoms with Crippen LogP contribution < -0.4 is 20.9 Å². The second-order valence-electron chi connectivity index (χ2n) is 10.9. The molecule has 8 nitrogen and oxygen atoms in total. The van der Waals surface area contributed by atoms with E-state index < -0.39 is 12.1 Å². The van der Waals surface area contributed by atoms with Crippen molar-refractivity contribution in [2.75, 3.05) is 16.3 Å². The highest BCUT2D eigenvalue weighted by atomic mass is 32.1. The van der Waals surface area contributed by atoms with Crippen LogP contribution in [0.3, 0.4) is 0 Å². The van der Waals surface area contributed by atoms with Crippen molar-refractivity contribution < 1.29 is 14.4 Å². The summed E-state index contributed by atoms with van der Waals surface area (Å²) in [6.07, 6.45) is 5.13. The molecule has 0 saturated carbocycles. The molecule has 2 atom stereocenters. The Kier molecular flexibility index (Phi) is 7.64. The lowest BCUT2D eigenvalue weighted by molar-refractivity contribution is -0.128. The largest absolute Gasteiger partial charge is 0.347 e. The molecular formula is C32H35N5O3S. The molecule has 41 heavy (non-hydrogen) atoms. The number of aromatic nitrogens is 1. The number of amides is 3. The van der Waals surface area contributed by atoms with E-state index in [-0.39, 0.29) is 17.7 Å². The van der Waals surface area contributed by atoms with Gasteiger partial charge in [-0.25, -0.2) is 0 Å². The average molecular weight is 570 g/mol. The van der Waals surface area contributed by atoms with E-state index in [1.54, 1.807) is 21.1 Å². The van der Waals surface area contributed by atoms with E-state index in [0.29, 0.717) is 32.4 Å². The molecule has 2 aromatic heterocycles. The van der Waals surface area contributed by atoms with Crippen molar-refractivity contribution >= 4 is 51.3 Å². The molecule has 3 amide bonds. The number of nitrogens with one attached hydrogen (secondary N) is 1. The summed E-state index contributed by atoms with van der Waals surface area (Å²) in [5.74, 6) is -0.466. The highest BCUT2D eigenvalue weighted by Crippen LogP contribution is 2.40. The van der Waals surface area contributed by atoms with Gasteiger partial charge >= 0.3 is 0 Å². The molecule has 0 bridgehead atoms. The van der Waals surface area contributed by atoms with E-state index in [2.05, 4.69) is 35.1 Å². The predicted octanol–water partition coefficient (Wildman–Crippen LogP) is 4.38. The average Bonchev–Trinajstić information content (AvgIpc) is 3.72. The van der Waals surface area contributed by atoms with Crippen LogP contribution in [-0.2, 0) is 40.3 Å². The number of anilines is 2. The first-order valence-corrected chi connectivity index (χ1v) is 15.3. The molecule has 1 unspecified atom stereocenters. The summed E-state index contributed by atoms with van der Waals surface area (Å²) in [7, 11) is 0. The van der Waals surface area contributed by atoms with Gasteiger partial charge in [-0.2, -0.15) is 11.3 Å². The lowest BCUT2D eigenvalue weighted by Gasteiger charge is -2.37. The molecule has 2 aliphatic heterocycles. The molecular weight excluding hydrogens is 534 g/mol. The third kappa shape index (κ3) is 5.27. The third-order valence-electron chi connectivity index (χ3n) is 8.07. The highest BCUT2D eigenvalue weighted by molar-refractivity contribution is 7.07. The molecule has 4 aromatic rings. The van der Waals surface area contributed by atoms with Crippen molar-refractivity contribution in [3.8, 4) is 0 Å². The summed E-state index contributed by atoms with van der Waals surface area (Å²) < 4.78 is 2.21. The molecule has 0 radical (unpaired) electrons. The van der Waals surface area contributed by atoms with Crippen LogP contribution in [-0.4, -0.2) is 40.9 Å². The standard InChI is InChI=1S/C32H35N5O3S/c1-2-13-35-19-23(24-8-3-4-9-27(24)35)16-25(33)31(39)34-26-17-22-7-5-10-28(36-14-6-11-29(36)38)30(22)37(32(26)40)18-21-12-15-41-20-21/h3-5,7-10,12,15,19-20,25-26H,2,6,11,13-14,16-18,33H2,1H3,(H,34,39)/t25-,26?/m1/s1. The number of fused-ring (bicyclic) bond motifs is 2. The summed E-state index contributed by atoms with van der Waals surface area (Å²) in [5, 5.41) is 8.07. The molecule has 1 fully saturated rings. The number of nitrogens with zero attached hydrogens (tertiary/aromatic N) is 3. The van der Waals surface area contributed by atoms with Gasteiger partial charge in [0.15, 0.2) is 0 Å². The smallest absolute Gasteiger partial charge is 0.250 e.